The minimum atomic E-state index is 0.644. The molecule has 0 aliphatic heterocycles. The highest BCUT2D eigenvalue weighted by Crippen LogP contribution is 2.29. The summed E-state index contributed by atoms with van der Waals surface area (Å²) in [7, 11) is 0. The third kappa shape index (κ3) is 3.58. The van der Waals surface area contributed by atoms with Crippen LogP contribution in [0.25, 0.3) is 16.9 Å². The first-order valence-electron chi connectivity index (χ1n) is 9.75. The number of hydrogen-bond donors (Lipinski definition) is 1. The highest BCUT2D eigenvalue weighted by atomic mass is 15.3. The predicted octanol–water partition coefficient (Wildman–Crippen LogP) is 5.27. The molecule has 1 heterocycles. The molecule has 1 aromatic heterocycles. The van der Waals surface area contributed by atoms with Crippen molar-refractivity contribution >= 4 is 0 Å². The maximum atomic E-state index is 4.99. The van der Waals surface area contributed by atoms with Gasteiger partial charge in [-0.1, -0.05) is 67.8 Å². The van der Waals surface area contributed by atoms with Gasteiger partial charge in [0.15, 0.2) is 0 Å². The van der Waals surface area contributed by atoms with E-state index >= 15 is 0 Å². The first-order valence-corrected chi connectivity index (χ1v) is 9.75. The van der Waals surface area contributed by atoms with Gasteiger partial charge in [-0.3, -0.25) is 0 Å². The van der Waals surface area contributed by atoms with E-state index in [1.165, 1.54) is 48.9 Å². The van der Waals surface area contributed by atoms with E-state index in [1.807, 2.05) is 6.07 Å². The largest absolute Gasteiger partial charge is 0.308 e. The third-order valence-corrected chi connectivity index (χ3v) is 5.43. The Labute approximate surface area is 156 Å². The number of rotatable bonds is 5. The monoisotopic (exact) mass is 345 g/mol. The van der Waals surface area contributed by atoms with Crippen molar-refractivity contribution < 1.29 is 0 Å². The van der Waals surface area contributed by atoms with Crippen LogP contribution >= 0.6 is 0 Å². The maximum absolute atomic E-state index is 4.99. The van der Waals surface area contributed by atoms with E-state index < -0.39 is 0 Å². The Kier molecular flexibility index (Phi) is 5.16. The van der Waals surface area contributed by atoms with Gasteiger partial charge in [-0.05, 0) is 37.5 Å². The Morgan fingerprint density at radius 2 is 1.58 bits per heavy atom. The van der Waals surface area contributed by atoms with E-state index in [0.29, 0.717) is 6.04 Å². The lowest BCUT2D eigenvalue weighted by Crippen LogP contribution is -2.30. The zero-order valence-electron chi connectivity index (χ0n) is 15.5. The van der Waals surface area contributed by atoms with Gasteiger partial charge in [-0.25, -0.2) is 4.68 Å². The van der Waals surface area contributed by atoms with E-state index in [9.17, 15) is 0 Å². The SMILES string of the molecule is Cc1c(CNC2CCCCC2)nn(-c2ccccc2)c1-c1ccccc1. The van der Waals surface area contributed by atoms with Crippen molar-refractivity contribution in [3.63, 3.8) is 0 Å². The molecule has 0 atom stereocenters. The lowest BCUT2D eigenvalue weighted by Gasteiger charge is -2.22. The average Bonchev–Trinajstić information content (AvgIpc) is 3.05. The molecule has 2 aromatic carbocycles. The van der Waals surface area contributed by atoms with Crippen molar-refractivity contribution in [3.05, 3.63) is 71.9 Å². The number of aromatic nitrogens is 2. The fraction of sp³-hybridized carbons (Fsp3) is 0.348. The number of para-hydroxylation sites is 1. The topological polar surface area (TPSA) is 29.9 Å². The molecule has 134 valence electrons. The standard InChI is InChI=1S/C23H27N3/c1-18-22(17-24-20-13-7-3-8-14-20)25-26(21-15-9-4-10-16-21)23(18)19-11-5-2-6-12-19/h2,4-6,9-12,15-16,20,24H,3,7-8,13-14,17H2,1H3. The molecule has 0 spiro atoms. The molecular formula is C23H27N3. The van der Waals surface area contributed by atoms with Crippen molar-refractivity contribution in [3.8, 4) is 16.9 Å². The lowest BCUT2D eigenvalue weighted by atomic mass is 9.95. The van der Waals surface area contributed by atoms with Crippen LogP contribution in [0.15, 0.2) is 60.7 Å². The zero-order chi connectivity index (χ0) is 17.8. The molecule has 0 saturated heterocycles. The van der Waals surface area contributed by atoms with Gasteiger partial charge in [0.1, 0.15) is 0 Å². The molecule has 3 nitrogen and oxygen atoms in total. The van der Waals surface area contributed by atoms with E-state index in [2.05, 4.69) is 71.5 Å². The smallest absolute Gasteiger partial charge is 0.0802 e. The Hall–Kier alpha value is -2.39. The van der Waals surface area contributed by atoms with Crippen LogP contribution in [-0.2, 0) is 6.54 Å². The van der Waals surface area contributed by atoms with Gasteiger partial charge in [-0.2, -0.15) is 5.10 Å². The molecule has 0 radical (unpaired) electrons. The summed E-state index contributed by atoms with van der Waals surface area (Å²) in [6, 6.07) is 21.7. The summed E-state index contributed by atoms with van der Waals surface area (Å²) in [5, 5.41) is 8.74. The molecule has 0 bridgehead atoms. The second-order valence-corrected chi connectivity index (χ2v) is 7.25. The molecule has 0 unspecified atom stereocenters. The molecule has 4 rings (SSSR count). The minimum Gasteiger partial charge on any atom is -0.308 e. The molecule has 1 aliphatic rings. The fourth-order valence-electron chi connectivity index (χ4n) is 3.95. The second-order valence-electron chi connectivity index (χ2n) is 7.25. The molecular weight excluding hydrogens is 318 g/mol. The number of hydrogen-bond acceptors (Lipinski definition) is 2. The van der Waals surface area contributed by atoms with Gasteiger partial charge in [0.25, 0.3) is 0 Å². The van der Waals surface area contributed by atoms with Crippen LogP contribution in [0.1, 0.15) is 43.4 Å². The average molecular weight is 345 g/mol. The molecule has 0 amide bonds. The number of nitrogens with one attached hydrogen (secondary N) is 1. The minimum absolute atomic E-state index is 0.644. The maximum Gasteiger partial charge on any atom is 0.0802 e. The van der Waals surface area contributed by atoms with Crippen LogP contribution in [0, 0.1) is 6.92 Å². The molecule has 1 fully saturated rings. The summed E-state index contributed by atoms with van der Waals surface area (Å²) in [6.07, 6.45) is 6.68. The quantitative estimate of drug-likeness (QED) is 0.682. The summed E-state index contributed by atoms with van der Waals surface area (Å²) in [5.74, 6) is 0. The van der Waals surface area contributed by atoms with Crippen LogP contribution < -0.4 is 5.32 Å². The highest BCUT2D eigenvalue weighted by molar-refractivity contribution is 5.66. The predicted molar refractivity (Wildman–Crippen MR) is 107 cm³/mol. The number of benzene rings is 2. The Morgan fingerprint density at radius 3 is 2.27 bits per heavy atom. The van der Waals surface area contributed by atoms with Crippen LogP contribution in [-0.4, -0.2) is 15.8 Å². The van der Waals surface area contributed by atoms with Crippen molar-refractivity contribution in [2.75, 3.05) is 0 Å². The van der Waals surface area contributed by atoms with Crippen LogP contribution in [0.5, 0.6) is 0 Å². The first-order chi connectivity index (χ1) is 12.8. The molecule has 1 saturated carbocycles. The van der Waals surface area contributed by atoms with Crippen molar-refractivity contribution in [2.24, 2.45) is 0 Å². The summed E-state index contributed by atoms with van der Waals surface area (Å²) in [4.78, 5) is 0. The summed E-state index contributed by atoms with van der Waals surface area (Å²) < 4.78 is 2.10. The van der Waals surface area contributed by atoms with Crippen molar-refractivity contribution in [1.29, 1.82) is 0 Å². The highest BCUT2D eigenvalue weighted by Gasteiger charge is 2.19. The van der Waals surface area contributed by atoms with Crippen LogP contribution in [0.3, 0.4) is 0 Å². The van der Waals surface area contributed by atoms with Gasteiger partial charge >= 0.3 is 0 Å². The Bertz CT molecular complexity index is 831. The number of nitrogens with zero attached hydrogens (tertiary/aromatic N) is 2. The molecule has 3 aromatic rings. The molecule has 3 heteroatoms. The normalized spacial score (nSPS) is 15.3. The van der Waals surface area contributed by atoms with E-state index in [0.717, 1.165) is 17.9 Å². The summed E-state index contributed by atoms with van der Waals surface area (Å²) in [5.41, 5.74) is 5.93. The van der Waals surface area contributed by atoms with E-state index in [1.54, 1.807) is 0 Å². The lowest BCUT2D eigenvalue weighted by molar-refractivity contribution is 0.370. The summed E-state index contributed by atoms with van der Waals surface area (Å²) in [6.45, 7) is 3.04. The van der Waals surface area contributed by atoms with Crippen LogP contribution in [0.4, 0.5) is 0 Å². The first kappa shape index (κ1) is 17.0. The van der Waals surface area contributed by atoms with Gasteiger partial charge in [0, 0.05) is 18.2 Å². The fourth-order valence-corrected chi connectivity index (χ4v) is 3.95. The second kappa shape index (κ2) is 7.88. The van der Waals surface area contributed by atoms with Gasteiger partial charge in [-0.15, -0.1) is 0 Å². The Morgan fingerprint density at radius 1 is 0.923 bits per heavy atom. The summed E-state index contributed by atoms with van der Waals surface area (Å²) >= 11 is 0. The van der Waals surface area contributed by atoms with E-state index in [4.69, 9.17) is 5.10 Å². The molecule has 26 heavy (non-hydrogen) atoms. The molecule has 1 aliphatic carbocycles. The third-order valence-electron chi connectivity index (χ3n) is 5.43. The van der Waals surface area contributed by atoms with Gasteiger partial charge < -0.3 is 5.32 Å². The van der Waals surface area contributed by atoms with E-state index in [-0.39, 0.29) is 0 Å². The zero-order valence-corrected chi connectivity index (χ0v) is 15.5. The van der Waals surface area contributed by atoms with Gasteiger partial charge in [0.05, 0.1) is 17.1 Å². The van der Waals surface area contributed by atoms with Crippen molar-refractivity contribution in [2.45, 2.75) is 51.6 Å². The van der Waals surface area contributed by atoms with Crippen molar-refractivity contribution in [1.82, 2.24) is 15.1 Å². The Balaban J connectivity index is 1.68. The van der Waals surface area contributed by atoms with Crippen LogP contribution in [0.2, 0.25) is 0 Å². The molecule has 1 N–H and O–H groups in total. The van der Waals surface area contributed by atoms with Gasteiger partial charge in [0.2, 0.25) is 0 Å².